The first kappa shape index (κ1) is 11.2. The molecule has 0 N–H and O–H groups in total. The minimum absolute atomic E-state index is 0.0218. The molecule has 4 aliphatic carbocycles. The lowest BCUT2D eigenvalue weighted by Crippen LogP contribution is -2.56. The molecule has 4 saturated carbocycles. The van der Waals surface area contributed by atoms with Gasteiger partial charge in [0, 0.05) is 11.8 Å². The first-order chi connectivity index (χ1) is 8.77. The van der Waals surface area contributed by atoms with Crippen molar-refractivity contribution in [2.75, 3.05) is 0 Å². The highest BCUT2D eigenvalue weighted by Crippen LogP contribution is 2.57. The van der Waals surface area contributed by atoms with Crippen LogP contribution in [0.1, 0.15) is 51.4 Å². The molecule has 0 amide bonds. The van der Waals surface area contributed by atoms with Gasteiger partial charge in [-0.2, -0.15) is 0 Å². The van der Waals surface area contributed by atoms with Gasteiger partial charge in [-0.25, -0.2) is 0 Å². The minimum Gasteiger partial charge on any atom is -0.291 e. The summed E-state index contributed by atoms with van der Waals surface area (Å²) >= 11 is 0. The third-order valence-corrected chi connectivity index (χ3v) is 6.47. The Balaban J connectivity index is 1.77. The average molecular weight is 246 g/mol. The van der Waals surface area contributed by atoms with Crippen LogP contribution in [0.15, 0.2) is 0 Å². The molecule has 0 aromatic carbocycles. The lowest BCUT2D eigenvalue weighted by atomic mass is 9.47. The Hall–Kier alpha value is -0.660. The Bertz CT molecular complexity index is 362. The molecule has 0 saturated heterocycles. The van der Waals surface area contributed by atoms with E-state index >= 15 is 0 Å². The summed E-state index contributed by atoms with van der Waals surface area (Å²) in [6.07, 6.45) is 9.65. The maximum Gasteiger partial charge on any atom is 0.202 e. The van der Waals surface area contributed by atoms with Crippen LogP contribution in [-0.2, 0) is 9.59 Å². The molecule has 0 radical (unpaired) electrons. The van der Waals surface area contributed by atoms with E-state index in [1.807, 2.05) is 0 Å². The Morgan fingerprint density at radius 1 is 0.611 bits per heavy atom. The van der Waals surface area contributed by atoms with Gasteiger partial charge in [0.05, 0.1) is 0 Å². The van der Waals surface area contributed by atoms with Gasteiger partial charge >= 0.3 is 0 Å². The number of carbonyl (C=O) groups is 2. The molecular weight excluding hydrogens is 224 g/mol. The van der Waals surface area contributed by atoms with Crippen molar-refractivity contribution in [1.82, 2.24) is 0 Å². The second kappa shape index (κ2) is 3.91. The number of carbonyl (C=O) groups excluding carboxylic acids is 2. The van der Waals surface area contributed by atoms with Gasteiger partial charge in [-0.15, -0.1) is 0 Å². The van der Waals surface area contributed by atoms with Crippen molar-refractivity contribution in [2.24, 2.45) is 35.5 Å². The number of hydrogen-bond acceptors (Lipinski definition) is 2. The number of hydrogen-bond donors (Lipinski definition) is 0. The van der Waals surface area contributed by atoms with Gasteiger partial charge in [-0.3, -0.25) is 9.59 Å². The highest BCUT2D eigenvalue weighted by atomic mass is 16.2. The molecule has 18 heavy (non-hydrogen) atoms. The second-order valence-electron chi connectivity index (χ2n) is 7.06. The summed E-state index contributed by atoms with van der Waals surface area (Å²) in [5.41, 5.74) is 0. The van der Waals surface area contributed by atoms with E-state index in [2.05, 4.69) is 0 Å². The first-order valence-electron chi connectivity index (χ1n) is 7.85. The summed E-state index contributed by atoms with van der Waals surface area (Å²) in [6.45, 7) is 0. The maximum atomic E-state index is 12.3. The first-order valence-corrected chi connectivity index (χ1v) is 7.85. The van der Waals surface area contributed by atoms with Gasteiger partial charge in [0.2, 0.25) is 11.6 Å². The van der Waals surface area contributed by atoms with Crippen molar-refractivity contribution >= 4 is 11.6 Å². The van der Waals surface area contributed by atoms with E-state index in [0.29, 0.717) is 11.8 Å². The van der Waals surface area contributed by atoms with E-state index < -0.39 is 0 Å². The lowest BCUT2D eigenvalue weighted by Gasteiger charge is -2.55. The van der Waals surface area contributed by atoms with Crippen molar-refractivity contribution in [2.45, 2.75) is 51.4 Å². The van der Waals surface area contributed by atoms with Gasteiger partial charge in [-0.1, -0.05) is 25.7 Å². The molecule has 4 rings (SSSR count). The van der Waals surface area contributed by atoms with Crippen LogP contribution in [0, 0.1) is 35.5 Å². The van der Waals surface area contributed by atoms with Gasteiger partial charge in [0.15, 0.2) is 0 Å². The van der Waals surface area contributed by atoms with Crippen molar-refractivity contribution in [3.05, 3.63) is 0 Å². The molecule has 98 valence electrons. The van der Waals surface area contributed by atoms with Crippen LogP contribution in [0.5, 0.6) is 0 Å². The highest BCUT2D eigenvalue weighted by Gasteiger charge is 2.57. The van der Waals surface area contributed by atoms with Crippen LogP contribution in [0.3, 0.4) is 0 Å². The summed E-state index contributed by atoms with van der Waals surface area (Å²) in [7, 11) is 0. The van der Waals surface area contributed by atoms with E-state index in [-0.39, 0.29) is 23.4 Å². The van der Waals surface area contributed by atoms with Gasteiger partial charge in [0.25, 0.3) is 0 Å². The van der Waals surface area contributed by atoms with Gasteiger partial charge in [-0.05, 0) is 49.4 Å². The Kier molecular flexibility index (Phi) is 2.43. The zero-order valence-corrected chi connectivity index (χ0v) is 10.9. The van der Waals surface area contributed by atoms with E-state index in [0.717, 1.165) is 24.7 Å². The minimum atomic E-state index is 0.0218. The fraction of sp³-hybridized carbons (Fsp3) is 0.875. The summed E-state index contributed by atoms with van der Waals surface area (Å²) in [5, 5.41) is 0. The quantitative estimate of drug-likeness (QED) is 0.616. The number of Topliss-reactive ketones (excluding diaryl/α,β-unsaturated/α-hetero) is 2. The predicted octanol–water partition coefficient (Wildman–Crippen LogP) is 3.00. The van der Waals surface area contributed by atoms with Gasteiger partial charge < -0.3 is 0 Å². The number of ketones is 2. The van der Waals surface area contributed by atoms with Crippen LogP contribution >= 0.6 is 0 Å². The molecule has 4 fully saturated rings. The molecule has 0 aromatic heterocycles. The van der Waals surface area contributed by atoms with Crippen molar-refractivity contribution in [3.8, 4) is 0 Å². The maximum absolute atomic E-state index is 12.3. The monoisotopic (exact) mass is 246 g/mol. The largest absolute Gasteiger partial charge is 0.291 e. The normalized spacial score (nSPS) is 50.9. The molecule has 2 nitrogen and oxygen atoms in total. The Morgan fingerprint density at radius 3 is 1.50 bits per heavy atom. The molecule has 6 atom stereocenters. The molecule has 0 spiro atoms. The standard InChI is InChI=1S/C16H22O2/c17-15-11-5-1-3-9-7-8-10-4-2-6-12(16(15)18)14(10)13(9)11/h9-14H,1-8H2/t9-,10+,11-,12+,13?,14?. The van der Waals surface area contributed by atoms with Crippen LogP contribution < -0.4 is 0 Å². The highest BCUT2D eigenvalue weighted by molar-refractivity contribution is 6.39. The van der Waals surface area contributed by atoms with Crippen molar-refractivity contribution in [1.29, 1.82) is 0 Å². The fourth-order valence-electron chi connectivity index (χ4n) is 5.87. The van der Waals surface area contributed by atoms with Crippen molar-refractivity contribution in [3.63, 3.8) is 0 Å². The zero-order valence-electron chi connectivity index (χ0n) is 10.9. The smallest absolute Gasteiger partial charge is 0.202 e. The molecule has 0 bridgehead atoms. The van der Waals surface area contributed by atoms with Gasteiger partial charge in [0.1, 0.15) is 0 Å². The molecule has 4 aliphatic rings. The van der Waals surface area contributed by atoms with E-state index in [9.17, 15) is 9.59 Å². The Labute approximate surface area is 109 Å². The third-order valence-electron chi connectivity index (χ3n) is 6.47. The van der Waals surface area contributed by atoms with E-state index in [4.69, 9.17) is 0 Å². The summed E-state index contributed by atoms with van der Waals surface area (Å²) in [5.74, 6) is 3.00. The summed E-state index contributed by atoms with van der Waals surface area (Å²) in [4.78, 5) is 24.7. The molecular formula is C16H22O2. The molecule has 0 heterocycles. The van der Waals surface area contributed by atoms with Crippen molar-refractivity contribution < 1.29 is 9.59 Å². The second-order valence-corrected chi connectivity index (χ2v) is 7.06. The van der Waals surface area contributed by atoms with Crippen LogP contribution in [0.25, 0.3) is 0 Å². The lowest BCUT2D eigenvalue weighted by molar-refractivity contribution is -0.159. The summed E-state index contributed by atoms with van der Waals surface area (Å²) in [6, 6.07) is 0. The van der Waals surface area contributed by atoms with Crippen LogP contribution in [-0.4, -0.2) is 11.6 Å². The topological polar surface area (TPSA) is 34.1 Å². The van der Waals surface area contributed by atoms with E-state index in [1.165, 1.54) is 38.5 Å². The molecule has 0 aromatic rings. The number of rotatable bonds is 0. The average Bonchev–Trinajstić information content (AvgIpc) is 2.43. The van der Waals surface area contributed by atoms with Crippen LogP contribution in [0.2, 0.25) is 0 Å². The third kappa shape index (κ3) is 1.35. The van der Waals surface area contributed by atoms with E-state index in [1.54, 1.807) is 0 Å². The van der Waals surface area contributed by atoms with Crippen LogP contribution in [0.4, 0.5) is 0 Å². The SMILES string of the molecule is O=C1C(=O)[C@@H]2CCC[C@@H]3CC[C@@H]4CCC[C@H]1C4C32. The predicted molar refractivity (Wildman–Crippen MR) is 67.9 cm³/mol. The fourth-order valence-corrected chi connectivity index (χ4v) is 5.87. The Morgan fingerprint density at radius 2 is 1.06 bits per heavy atom. The molecule has 2 heteroatoms. The molecule has 2 unspecified atom stereocenters. The summed E-state index contributed by atoms with van der Waals surface area (Å²) < 4.78 is 0. The molecule has 0 aliphatic heterocycles. The zero-order chi connectivity index (χ0) is 12.3.